The van der Waals surface area contributed by atoms with Crippen molar-refractivity contribution in [3.05, 3.63) is 58.0 Å². The summed E-state index contributed by atoms with van der Waals surface area (Å²) in [5.74, 6) is 0.462. The zero-order chi connectivity index (χ0) is 21.3. The summed E-state index contributed by atoms with van der Waals surface area (Å²) in [5.41, 5.74) is 3.75. The standard InChI is InChI=1S/C23H25NO4S/c1-13(2)29-21-20(16-8-10-18(27-5)19(12-16)28-6)22(25)24(23(21)26)17-9-7-14(3)15(4)11-17/h7-13H,1-6H3. The number of hydrogen-bond donors (Lipinski definition) is 0. The van der Waals surface area contributed by atoms with Crippen LogP contribution in [0.2, 0.25) is 0 Å². The minimum atomic E-state index is -0.325. The third kappa shape index (κ3) is 3.90. The summed E-state index contributed by atoms with van der Waals surface area (Å²) >= 11 is 1.40. The maximum absolute atomic E-state index is 13.4. The van der Waals surface area contributed by atoms with Crippen molar-refractivity contribution in [2.24, 2.45) is 0 Å². The summed E-state index contributed by atoms with van der Waals surface area (Å²) in [5, 5.41) is 0.150. The zero-order valence-corrected chi connectivity index (χ0v) is 18.3. The van der Waals surface area contributed by atoms with Crippen LogP contribution in [0.1, 0.15) is 30.5 Å². The van der Waals surface area contributed by atoms with Crippen molar-refractivity contribution in [3.8, 4) is 11.5 Å². The minimum Gasteiger partial charge on any atom is -0.493 e. The Hall–Kier alpha value is -2.73. The molecule has 0 bridgehead atoms. The van der Waals surface area contributed by atoms with Gasteiger partial charge in [-0.25, -0.2) is 4.90 Å². The van der Waals surface area contributed by atoms with E-state index in [0.717, 1.165) is 11.1 Å². The van der Waals surface area contributed by atoms with Gasteiger partial charge in [0.15, 0.2) is 11.5 Å². The van der Waals surface area contributed by atoms with Gasteiger partial charge in [-0.05, 0) is 54.8 Å². The summed E-state index contributed by atoms with van der Waals surface area (Å²) in [6, 6.07) is 10.9. The Labute approximate surface area is 175 Å². The van der Waals surface area contributed by atoms with Gasteiger partial charge in [-0.2, -0.15) is 0 Å². The number of benzene rings is 2. The highest BCUT2D eigenvalue weighted by atomic mass is 32.2. The van der Waals surface area contributed by atoms with E-state index in [9.17, 15) is 9.59 Å². The second-order valence-corrected chi connectivity index (χ2v) is 8.74. The maximum atomic E-state index is 13.4. The molecule has 0 N–H and O–H groups in total. The van der Waals surface area contributed by atoms with Gasteiger partial charge in [-0.15, -0.1) is 11.8 Å². The summed E-state index contributed by atoms with van der Waals surface area (Å²) in [4.78, 5) is 28.4. The number of rotatable bonds is 6. The van der Waals surface area contributed by atoms with Gasteiger partial charge in [-0.3, -0.25) is 9.59 Å². The van der Waals surface area contributed by atoms with E-state index in [2.05, 4.69) is 0 Å². The van der Waals surface area contributed by atoms with Gasteiger partial charge in [-0.1, -0.05) is 26.0 Å². The van der Waals surface area contributed by atoms with Gasteiger partial charge in [0.25, 0.3) is 11.8 Å². The first-order chi connectivity index (χ1) is 13.8. The van der Waals surface area contributed by atoms with E-state index in [-0.39, 0.29) is 17.1 Å². The third-order valence-corrected chi connectivity index (χ3v) is 5.90. The summed E-state index contributed by atoms with van der Waals surface area (Å²) in [6.45, 7) is 7.97. The smallest absolute Gasteiger partial charge is 0.272 e. The summed E-state index contributed by atoms with van der Waals surface area (Å²) in [7, 11) is 3.10. The molecule has 0 aromatic heterocycles. The van der Waals surface area contributed by atoms with Crippen LogP contribution in [-0.4, -0.2) is 31.3 Å². The average molecular weight is 412 g/mol. The Bertz CT molecular complexity index is 1010. The lowest BCUT2D eigenvalue weighted by atomic mass is 10.1. The number of methoxy groups -OCH3 is 2. The number of thioether (sulfide) groups is 1. The molecule has 2 aromatic rings. The number of ether oxygens (including phenoxy) is 2. The number of amides is 2. The van der Waals surface area contributed by atoms with Crippen molar-refractivity contribution in [3.63, 3.8) is 0 Å². The van der Waals surface area contributed by atoms with Gasteiger partial charge in [0.2, 0.25) is 0 Å². The number of imide groups is 1. The SMILES string of the molecule is COc1ccc(C2=C(SC(C)C)C(=O)N(c3ccc(C)c(C)c3)C2=O)cc1OC. The van der Waals surface area contributed by atoms with Crippen LogP contribution >= 0.6 is 11.8 Å². The van der Waals surface area contributed by atoms with Crippen LogP contribution in [0.4, 0.5) is 5.69 Å². The van der Waals surface area contributed by atoms with Crippen LogP contribution in [0.3, 0.4) is 0 Å². The van der Waals surface area contributed by atoms with Crippen molar-refractivity contribution < 1.29 is 19.1 Å². The second kappa shape index (κ2) is 8.33. The van der Waals surface area contributed by atoms with E-state index >= 15 is 0 Å². The molecule has 1 aliphatic rings. The van der Waals surface area contributed by atoms with Crippen LogP contribution in [-0.2, 0) is 9.59 Å². The van der Waals surface area contributed by atoms with Crippen LogP contribution in [0.5, 0.6) is 11.5 Å². The molecule has 0 saturated heterocycles. The minimum absolute atomic E-state index is 0.150. The fraction of sp³-hybridized carbons (Fsp3) is 0.304. The fourth-order valence-electron chi connectivity index (χ4n) is 3.20. The van der Waals surface area contributed by atoms with Crippen molar-refractivity contribution in [2.45, 2.75) is 32.9 Å². The first kappa shape index (κ1) is 21.0. The second-order valence-electron chi connectivity index (χ2n) is 7.15. The van der Waals surface area contributed by atoms with E-state index in [1.54, 1.807) is 32.4 Å². The van der Waals surface area contributed by atoms with Gasteiger partial charge >= 0.3 is 0 Å². The van der Waals surface area contributed by atoms with E-state index in [4.69, 9.17) is 9.47 Å². The number of anilines is 1. The lowest BCUT2D eigenvalue weighted by molar-refractivity contribution is -0.119. The van der Waals surface area contributed by atoms with E-state index in [1.165, 1.54) is 16.7 Å². The Morgan fingerprint density at radius 3 is 2.14 bits per heavy atom. The van der Waals surface area contributed by atoms with Gasteiger partial charge < -0.3 is 9.47 Å². The third-order valence-electron chi connectivity index (χ3n) is 4.82. The predicted molar refractivity (Wildman–Crippen MR) is 118 cm³/mol. The molecular weight excluding hydrogens is 386 g/mol. The molecule has 0 spiro atoms. The molecule has 5 nitrogen and oxygen atoms in total. The number of carbonyl (C=O) groups excluding carboxylic acids is 2. The Morgan fingerprint density at radius 2 is 1.55 bits per heavy atom. The molecule has 0 aliphatic carbocycles. The van der Waals surface area contributed by atoms with E-state index < -0.39 is 0 Å². The Balaban J connectivity index is 2.13. The highest BCUT2D eigenvalue weighted by molar-refractivity contribution is 8.04. The summed E-state index contributed by atoms with van der Waals surface area (Å²) < 4.78 is 10.7. The number of carbonyl (C=O) groups is 2. The lowest BCUT2D eigenvalue weighted by Gasteiger charge is -2.17. The lowest BCUT2D eigenvalue weighted by Crippen LogP contribution is -2.31. The molecule has 0 unspecified atom stereocenters. The first-order valence-corrected chi connectivity index (χ1v) is 10.3. The summed E-state index contributed by atoms with van der Waals surface area (Å²) in [6.07, 6.45) is 0. The van der Waals surface area contributed by atoms with Gasteiger partial charge in [0, 0.05) is 5.25 Å². The highest BCUT2D eigenvalue weighted by Gasteiger charge is 2.40. The molecule has 2 amide bonds. The molecule has 0 atom stereocenters. The molecular formula is C23H25NO4S. The average Bonchev–Trinajstić information content (AvgIpc) is 2.93. The molecule has 29 heavy (non-hydrogen) atoms. The quantitative estimate of drug-likeness (QED) is 0.642. The maximum Gasteiger partial charge on any atom is 0.272 e. The van der Waals surface area contributed by atoms with Gasteiger partial charge in [0.1, 0.15) is 0 Å². The van der Waals surface area contributed by atoms with Crippen molar-refractivity contribution in [1.82, 2.24) is 0 Å². The topological polar surface area (TPSA) is 55.8 Å². The van der Waals surface area contributed by atoms with E-state index in [0.29, 0.717) is 33.2 Å². The fourth-order valence-corrected chi connectivity index (χ4v) is 4.19. The molecule has 1 heterocycles. The van der Waals surface area contributed by atoms with Crippen LogP contribution in [0.25, 0.3) is 5.57 Å². The van der Waals surface area contributed by atoms with Crippen LogP contribution < -0.4 is 14.4 Å². The predicted octanol–water partition coefficient (Wildman–Crippen LogP) is 4.75. The number of nitrogens with zero attached hydrogens (tertiary/aromatic N) is 1. The normalized spacial score (nSPS) is 14.2. The molecule has 152 valence electrons. The monoisotopic (exact) mass is 411 g/mol. The largest absolute Gasteiger partial charge is 0.493 e. The molecule has 3 rings (SSSR count). The molecule has 6 heteroatoms. The highest BCUT2D eigenvalue weighted by Crippen LogP contribution is 2.42. The van der Waals surface area contributed by atoms with Crippen LogP contribution in [0.15, 0.2) is 41.3 Å². The molecule has 0 radical (unpaired) electrons. The van der Waals surface area contributed by atoms with Crippen molar-refractivity contribution >= 4 is 34.8 Å². The van der Waals surface area contributed by atoms with Crippen molar-refractivity contribution in [2.75, 3.05) is 19.1 Å². The number of hydrogen-bond acceptors (Lipinski definition) is 5. The Kier molecular flexibility index (Phi) is 6.03. The van der Waals surface area contributed by atoms with Crippen molar-refractivity contribution in [1.29, 1.82) is 0 Å². The first-order valence-electron chi connectivity index (χ1n) is 9.37. The van der Waals surface area contributed by atoms with Gasteiger partial charge in [0.05, 0.1) is 30.4 Å². The Morgan fingerprint density at radius 1 is 0.862 bits per heavy atom. The van der Waals surface area contributed by atoms with E-state index in [1.807, 2.05) is 45.9 Å². The molecule has 0 fully saturated rings. The molecule has 0 saturated carbocycles. The molecule has 1 aliphatic heterocycles. The van der Waals surface area contributed by atoms with Crippen LogP contribution in [0, 0.1) is 13.8 Å². The zero-order valence-electron chi connectivity index (χ0n) is 17.5. The molecule has 2 aromatic carbocycles. The number of aryl methyl sites for hydroxylation is 2.